The lowest BCUT2D eigenvalue weighted by molar-refractivity contribution is 1.25. The third-order valence-electron chi connectivity index (χ3n) is 2.62. The van der Waals surface area contributed by atoms with Crippen LogP contribution in [0.3, 0.4) is 0 Å². The Hall–Kier alpha value is -0.860. The van der Waals surface area contributed by atoms with Gasteiger partial charge >= 0.3 is 0 Å². The van der Waals surface area contributed by atoms with Crippen LogP contribution in [-0.4, -0.2) is 6.26 Å². The highest BCUT2D eigenvalue weighted by Crippen LogP contribution is 2.31. The van der Waals surface area contributed by atoms with E-state index in [4.69, 9.17) is 0 Å². The minimum atomic E-state index is 1.30. The molecule has 0 unspecified atom stereocenters. The van der Waals surface area contributed by atoms with Gasteiger partial charge in [-0.15, -0.1) is 11.8 Å². The monoisotopic (exact) mass is 260 g/mol. The van der Waals surface area contributed by atoms with Crippen molar-refractivity contribution >= 4 is 23.5 Å². The van der Waals surface area contributed by atoms with Crippen LogP contribution in [0.5, 0.6) is 0 Å². The minimum absolute atomic E-state index is 1.30. The molecule has 2 rings (SSSR count). The molecule has 88 valence electrons. The van der Waals surface area contributed by atoms with E-state index >= 15 is 0 Å². The summed E-state index contributed by atoms with van der Waals surface area (Å²) in [6.07, 6.45) is 2.10. The molecule has 0 nitrogen and oxygen atoms in total. The number of hydrogen-bond donors (Lipinski definition) is 0. The smallest absolute Gasteiger partial charge is 0.0151 e. The van der Waals surface area contributed by atoms with Crippen molar-refractivity contribution in [2.75, 3.05) is 6.26 Å². The summed E-state index contributed by atoms with van der Waals surface area (Å²) >= 11 is 3.61. The van der Waals surface area contributed by atoms with Crippen molar-refractivity contribution in [1.29, 1.82) is 0 Å². The fourth-order valence-corrected chi connectivity index (χ4v) is 2.97. The van der Waals surface area contributed by atoms with E-state index < -0.39 is 0 Å². The van der Waals surface area contributed by atoms with Crippen molar-refractivity contribution in [2.45, 2.75) is 28.5 Å². The van der Waals surface area contributed by atoms with Crippen LogP contribution in [0.15, 0.2) is 57.2 Å². The van der Waals surface area contributed by atoms with Gasteiger partial charge in [0.1, 0.15) is 0 Å². The van der Waals surface area contributed by atoms with Gasteiger partial charge in [0, 0.05) is 14.7 Å². The lowest BCUT2D eigenvalue weighted by Crippen LogP contribution is -1.81. The van der Waals surface area contributed by atoms with E-state index in [-0.39, 0.29) is 0 Å². The summed E-state index contributed by atoms with van der Waals surface area (Å²) in [6, 6.07) is 15.3. The molecule has 0 spiro atoms. The number of thioether (sulfide) groups is 1. The van der Waals surface area contributed by atoms with E-state index in [1.807, 2.05) is 11.8 Å². The van der Waals surface area contributed by atoms with Crippen LogP contribution in [0.4, 0.5) is 0 Å². The second-order valence-corrected chi connectivity index (χ2v) is 6.04. The van der Waals surface area contributed by atoms with Crippen molar-refractivity contribution in [3.63, 3.8) is 0 Å². The maximum absolute atomic E-state index is 2.23. The maximum Gasteiger partial charge on any atom is 0.0151 e. The van der Waals surface area contributed by atoms with E-state index in [0.29, 0.717) is 0 Å². The number of aryl methyl sites for hydroxylation is 2. The molecule has 0 fully saturated rings. The summed E-state index contributed by atoms with van der Waals surface area (Å²) < 4.78 is 0. The van der Waals surface area contributed by atoms with Crippen LogP contribution in [0.2, 0.25) is 0 Å². The Bertz CT molecular complexity index is 501. The first-order valence-electron chi connectivity index (χ1n) is 5.58. The summed E-state index contributed by atoms with van der Waals surface area (Å²) in [6.45, 7) is 4.31. The van der Waals surface area contributed by atoms with Crippen molar-refractivity contribution in [1.82, 2.24) is 0 Å². The van der Waals surface area contributed by atoms with Gasteiger partial charge in [0.25, 0.3) is 0 Å². The summed E-state index contributed by atoms with van der Waals surface area (Å²) in [4.78, 5) is 3.96. The number of benzene rings is 2. The number of hydrogen-bond acceptors (Lipinski definition) is 2. The first-order valence-corrected chi connectivity index (χ1v) is 7.62. The molecule has 2 aromatic carbocycles. The van der Waals surface area contributed by atoms with E-state index in [1.54, 1.807) is 11.8 Å². The zero-order chi connectivity index (χ0) is 12.3. The van der Waals surface area contributed by atoms with Crippen molar-refractivity contribution in [3.05, 3.63) is 53.6 Å². The molecule has 0 amide bonds. The van der Waals surface area contributed by atoms with Crippen molar-refractivity contribution < 1.29 is 0 Å². The quantitative estimate of drug-likeness (QED) is 0.698. The molecule has 0 radical (unpaired) electrons. The van der Waals surface area contributed by atoms with Gasteiger partial charge in [-0.1, -0.05) is 29.5 Å². The highest BCUT2D eigenvalue weighted by molar-refractivity contribution is 7.99. The Kier molecular flexibility index (Phi) is 4.19. The summed E-state index contributed by atoms with van der Waals surface area (Å²) in [5.74, 6) is 0. The van der Waals surface area contributed by atoms with Crippen LogP contribution in [0, 0.1) is 13.8 Å². The van der Waals surface area contributed by atoms with E-state index in [1.165, 1.54) is 25.8 Å². The molecule has 0 aliphatic heterocycles. The van der Waals surface area contributed by atoms with Crippen LogP contribution in [0.1, 0.15) is 11.1 Å². The average molecular weight is 260 g/mol. The Balaban J connectivity index is 2.19. The molecular formula is C15H16S2. The molecule has 0 saturated heterocycles. The zero-order valence-corrected chi connectivity index (χ0v) is 12.0. The Morgan fingerprint density at radius 2 is 1.47 bits per heavy atom. The highest BCUT2D eigenvalue weighted by Gasteiger charge is 2.01. The summed E-state index contributed by atoms with van der Waals surface area (Å²) in [5, 5.41) is 0. The molecule has 0 bridgehead atoms. The van der Waals surface area contributed by atoms with Gasteiger partial charge in [-0.3, -0.25) is 0 Å². The summed E-state index contributed by atoms with van der Waals surface area (Å²) in [7, 11) is 0. The summed E-state index contributed by atoms with van der Waals surface area (Å²) in [5.41, 5.74) is 2.67. The highest BCUT2D eigenvalue weighted by atomic mass is 32.2. The molecule has 2 heteroatoms. The third kappa shape index (κ3) is 3.30. The SMILES string of the molecule is CSc1ccc(Sc2ccc(C)cc2C)cc1. The molecule has 2 aromatic rings. The first-order chi connectivity index (χ1) is 8.19. The first kappa shape index (κ1) is 12.6. The number of rotatable bonds is 3. The molecular weight excluding hydrogens is 244 g/mol. The fraction of sp³-hybridized carbons (Fsp3) is 0.200. The van der Waals surface area contributed by atoms with Crippen LogP contribution < -0.4 is 0 Å². The second kappa shape index (κ2) is 5.65. The molecule has 0 aliphatic rings. The Morgan fingerprint density at radius 3 is 2.06 bits per heavy atom. The normalized spacial score (nSPS) is 10.5. The van der Waals surface area contributed by atoms with Crippen LogP contribution >= 0.6 is 23.5 Å². The van der Waals surface area contributed by atoms with Crippen LogP contribution in [0.25, 0.3) is 0 Å². The maximum atomic E-state index is 2.23. The van der Waals surface area contributed by atoms with Crippen molar-refractivity contribution in [2.24, 2.45) is 0 Å². The molecule has 0 atom stereocenters. The standard InChI is InChI=1S/C15H16S2/c1-11-4-9-15(12(2)10-11)17-14-7-5-13(16-3)6-8-14/h4-10H,1-3H3. The third-order valence-corrected chi connectivity index (χ3v) is 4.55. The van der Waals surface area contributed by atoms with Crippen molar-refractivity contribution in [3.8, 4) is 0 Å². The predicted octanol–water partition coefficient (Wildman–Crippen LogP) is 5.18. The van der Waals surface area contributed by atoms with Crippen LogP contribution in [-0.2, 0) is 0 Å². The largest absolute Gasteiger partial charge is 0.130 e. The van der Waals surface area contributed by atoms with Gasteiger partial charge in [0.15, 0.2) is 0 Å². The van der Waals surface area contributed by atoms with Gasteiger partial charge in [0.05, 0.1) is 0 Å². The zero-order valence-electron chi connectivity index (χ0n) is 10.4. The topological polar surface area (TPSA) is 0 Å². The molecule has 0 aromatic heterocycles. The van der Waals surface area contributed by atoms with E-state index in [2.05, 4.69) is 62.6 Å². The van der Waals surface area contributed by atoms with E-state index in [0.717, 1.165) is 0 Å². The van der Waals surface area contributed by atoms with Gasteiger partial charge in [0.2, 0.25) is 0 Å². The minimum Gasteiger partial charge on any atom is -0.130 e. The van der Waals surface area contributed by atoms with Gasteiger partial charge in [-0.2, -0.15) is 0 Å². The van der Waals surface area contributed by atoms with Gasteiger partial charge in [-0.25, -0.2) is 0 Å². The molecule has 0 N–H and O–H groups in total. The predicted molar refractivity (Wildman–Crippen MR) is 78.3 cm³/mol. The fourth-order valence-electron chi connectivity index (χ4n) is 1.68. The molecule has 0 heterocycles. The average Bonchev–Trinajstić information content (AvgIpc) is 2.34. The lowest BCUT2D eigenvalue weighted by Gasteiger charge is -2.07. The Labute approximate surface area is 112 Å². The molecule has 0 aliphatic carbocycles. The Morgan fingerprint density at radius 1 is 0.824 bits per heavy atom. The van der Waals surface area contributed by atoms with Gasteiger partial charge in [-0.05, 0) is 56.0 Å². The molecule has 17 heavy (non-hydrogen) atoms. The van der Waals surface area contributed by atoms with Gasteiger partial charge < -0.3 is 0 Å². The van der Waals surface area contributed by atoms with E-state index in [9.17, 15) is 0 Å². The second-order valence-electron chi connectivity index (χ2n) is 4.05. The molecule has 0 saturated carbocycles. The lowest BCUT2D eigenvalue weighted by atomic mass is 10.2.